The van der Waals surface area contributed by atoms with Crippen LogP contribution >= 0.6 is 0 Å². The van der Waals surface area contributed by atoms with Gasteiger partial charge in [-0.15, -0.1) is 5.11 Å². The van der Waals surface area contributed by atoms with Crippen LogP contribution in [-0.4, -0.2) is 46.7 Å². The van der Waals surface area contributed by atoms with Gasteiger partial charge in [0.1, 0.15) is 10.6 Å². The first-order valence-corrected chi connectivity index (χ1v) is 12.0. The number of nitrogens with zero attached hydrogens (tertiary/aromatic N) is 2. The molecule has 0 saturated heterocycles. The molecule has 0 aliphatic carbocycles. The number of nitrogen functional groups attached to an aromatic ring is 1. The summed E-state index contributed by atoms with van der Waals surface area (Å²) in [5, 5.41) is 7.52. The molecule has 0 unspecified atom stereocenters. The summed E-state index contributed by atoms with van der Waals surface area (Å²) >= 11 is 0. The van der Waals surface area contributed by atoms with Crippen molar-refractivity contribution in [3.63, 3.8) is 0 Å². The lowest BCUT2D eigenvalue weighted by atomic mass is 10.3. The monoisotopic (exact) mass is 465 g/mol. The standard InChI is InChI=1S/C14H15N3O9S3/c15-11-6-5-10(9-14(11)28(20,21)22)16-17-12-3-1-2-4-13(12)27(18,19)8-7-26-29(23,24)25/h1-6,9H,7-8,15H2,(H,20,21,22)(H,23,24,25). The molecule has 0 saturated carbocycles. The normalized spacial score (nSPS) is 13.0. The summed E-state index contributed by atoms with van der Waals surface area (Å²) < 4.78 is 90.1. The highest BCUT2D eigenvalue weighted by molar-refractivity contribution is 7.91. The van der Waals surface area contributed by atoms with Gasteiger partial charge < -0.3 is 5.73 Å². The molecular weight excluding hydrogens is 450 g/mol. The number of rotatable bonds is 8. The Morgan fingerprint density at radius 1 is 0.897 bits per heavy atom. The van der Waals surface area contributed by atoms with Gasteiger partial charge in [-0.2, -0.15) is 21.9 Å². The third-order valence-electron chi connectivity index (χ3n) is 3.33. The van der Waals surface area contributed by atoms with E-state index in [2.05, 4.69) is 14.4 Å². The van der Waals surface area contributed by atoms with E-state index in [-0.39, 0.29) is 22.0 Å². The van der Waals surface area contributed by atoms with Gasteiger partial charge in [-0.1, -0.05) is 12.1 Å². The van der Waals surface area contributed by atoms with Crippen molar-refractivity contribution in [1.82, 2.24) is 0 Å². The molecule has 0 bridgehead atoms. The summed E-state index contributed by atoms with van der Waals surface area (Å²) in [4.78, 5) is -0.884. The Morgan fingerprint density at radius 3 is 2.17 bits per heavy atom. The first kappa shape index (κ1) is 22.9. The van der Waals surface area contributed by atoms with Gasteiger partial charge in [-0.25, -0.2) is 12.6 Å². The molecule has 0 aromatic heterocycles. The Hall–Kier alpha value is -2.43. The highest BCUT2D eigenvalue weighted by Crippen LogP contribution is 2.29. The van der Waals surface area contributed by atoms with Crippen molar-refractivity contribution < 1.29 is 38.5 Å². The van der Waals surface area contributed by atoms with Crippen molar-refractivity contribution in [2.75, 3.05) is 18.1 Å². The largest absolute Gasteiger partial charge is 0.398 e. The molecule has 0 heterocycles. The predicted molar refractivity (Wildman–Crippen MR) is 101 cm³/mol. The summed E-state index contributed by atoms with van der Waals surface area (Å²) in [5.41, 5.74) is 5.11. The molecule has 2 aromatic carbocycles. The maximum absolute atomic E-state index is 12.4. The molecule has 2 aromatic rings. The first-order valence-electron chi connectivity index (χ1n) is 7.52. The van der Waals surface area contributed by atoms with Gasteiger partial charge in [-0.05, 0) is 30.3 Å². The van der Waals surface area contributed by atoms with E-state index < -0.39 is 47.6 Å². The van der Waals surface area contributed by atoms with E-state index >= 15 is 0 Å². The highest BCUT2D eigenvalue weighted by atomic mass is 32.3. The van der Waals surface area contributed by atoms with E-state index in [1.165, 1.54) is 36.4 Å². The van der Waals surface area contributed by atoms with Gasteiger partial charge >= 0.3 is 10.4 Å². The molecule has 4 N–H and O–H groups in total. The van der Waals surface area contributed by atoms with Crippen LogP contribution in [0, 0.1) is 0 Å². The van der Waals surface area contributed by atoms with E-state index in [1.807, 2.05) is 0 Å². The molecule has 0 amide bonds. The minimum atomic E-state index is -4.79. The number of sulfone groups is 1. The summed E-state index contributed by atoms with van der Waals surface area (Å²) in [6.07, 6.45) is 0. The average Bonchev–Trinajstić information content (AvgIpc) is 2.59. The Labute approximate surface area is 166 Å². The Kier molecular flexibility index (Phi) is 6.71. The molecule has 158 valence electrons. The Morgan fingerprint density at radius 2 is 1.55 bits per heavy atom. The zero-order valence-electron chi connectivity index (χ0n) is 14.4. The third kappa shape index (κ3) is 6.55. The van der Waals surface area contributed by atoms with Crippen LogP contribution in [0.4, 0.5) is 17.1 Å². The Balaban J connectivity index is 2.34. The van der Waals surface area contributed by atoms with Crippen molar-refractivity contribution in [1.29, 1.82) is 0 Å². The first-order chi connectivity index (χ1) is 13.3. The lowest BCUT2D eigenvalue weighted by Crippen LogP contribution is -2.15. The maximum Gasteiger partial charge on any atom is 0.397 e. The fourth-order valence-corrected chi connectivity index (χ4v) is 4.35. The van der Waals surface area contributed by atoms with E-state index in [4.69, 9.17) is 14.8 Å². The second-order valence-corrected chi connectivity index (χ2v) is 9.99. The molecule has 0 fully saturated rings. The second kappa shape index (κ2) is 8.52. The molecular formula is C14H15N3O9S3. The van der Waals surface area contributed by atoms with Crippen molar-refractivity contribution in [2.45, 2.75) is 9.79 Å². The van der Waals surface area contributed by atoms with Crippen LogP contribution < -0.4 is 5.73 Å². The van der Waals surface area contributed by atoms with Crippen LogP contribution in [0.25, 0.3) is 0 Å². The summed E-state index contributed by atoms with van der Waals surface area (Å²) in [6.45, 7) is -0.817. The van der Waals surface area contributed by atoms with Gasteiger partial charge in [0.25, 0.3) is 10.1 Å². The van der Waals surface area contributed by atoms with Gasteiger partial charge in [0.2, 0.25) is 0 Å². The second-order valence-electron chi connectivity index (χ2n) is 5.43. The number of hydrogen-bond donors (Lipinski definition) is 3. The number of azo groups is 1. The van der Waals surface area contributed by atoms with Gasteiger partial charge in [-0.3, -0.25) is 9.11 Å². The lowest BCUT2D eigenvalue weighted by molar-refractivity contribution is 0.284. The topological polar surface area (TPSA) is 203 Å². The van der Waals surface area contributed by atoms with Gasteiger partial charge in [0.15, 0.2) is 9.84 Å². The minimum absolute atomic E-state index is 0.0336. The van der Waals surface area contributed by atoms with E-state index in [9.17, 15) is 25.3 Å². The lowest BCUT2D eigenvalue weighted by Gasteiger charge is -2.07. The Bertz CT molecular complexity index is 1250. The maximum atomic E-state index is 12.4. The number of anilines is 1. The van der Waals surface area contributed by atoms with Crippen molar-refractivity contribution >= 4 is 47.4 Å². The van der Waals surface area contributed by atoms with E-state index in [0.29, 0.717) is 0 Å². The zero-order chi connectivity index (χ0) is 21.9. The van der Waals surface area contributed by atoms with Crippen molar-refractivity contribution in [3.05, 3.63) is 42.5 Å². The van der Waals surface area contributed by atoms with Crippen molar-refractivity contribution in [3.8, 4) is 0 Å². The molecule has 0 radical (unpaired) electrons. The van der Waals surface area contributed by atoms with Crippen LogP contribution in [0.5, 0.6) is 0 Å². The molecule has 12 nitrogen and oxygen atoms in total. The number of benzene rings is 2. The van der Waals surface area contributed by atoms with Crippen LogP contribution in [0.1, 0.15) is 0 Å². The van der Waals surface area contributed by atoms with Gasteiger partial charge in [0, 0.05) is 0 Å². The zero-order valence-corrected chi connectivity index (χ0v) is 16.9. The number of hydrogen-bond acceptors (Lipinski definition) is 10. The minimum Gasteiger partial charge on any atom is -0.398 e. The smallest absolute Gasteiger partial charge is 0.397 e. The molecule has 15 heteroatoms. The molecule has 0 spiro atoms. The molecule has 0 atom stereocenters. The van der Waals surface area contributed by atoms with Crippen LogP contribution in [-0.2, 0) is 34.5 Å². The average molecular weight is 465 g/mol. The SMILES string of the molecule is Nc1ccc(N=Nc2ccccc2S(=O)(=O)CCOS(=O)(=O)O)cc1S(=O)(=O)O. The highest BCUT2D eigenvalue weighted by Gasteiger charge is 2.20. The fourth-order valence-electron chi connectivity index (χ4n) is 2.08. The van der Waals surface area contributed by atoms with Crippen LogP contribution in [0.15, 0.2) is 62.5 Å². The predicted octanol–water partition coefficient (Wildman–Crippen LogP) is 1.52. The van der Waals surface area contributed by atoms with Crippen LogP contribution in [0.2, 0.25) is 0 Å². The van der Waals surface area contributed by atoms with E-state index in [1.54, 1.807) is 0 Å². The summed E-state index contributed by atoms with van der Waals surface area (Å²) in [6, 6.07) is 8.79. The van der Waals surface area contributed by atoms with E-state index in [0.717, 1.165) is 6.07 Å². The van der Waals surface area contributed by atoms with Gasteiger partial charge in [0.05, 0.1) is 28.6 Å². The van der Waals surface area contributed by atoms with Crippen LogP contribution in [0.3, 0.4) is 0 Å². The van der Waals surface area contributed by atoms with Crippen molar-refractivity contribution in [2.24, 2.45) is 10.2 Å². The third-order valence-corrected chi connectivity index (χ3v) is 6.43. The fraction of sp³-hybridized carbons (Fsp3) is 0.143. The quantitative estimate of drug-likeness (QED) is 0.291. The number of nitrogens with two attached hydrogens (primary N) is 1. The summed E-state index contributed by atoms with van der Waals surface area (Å²) in [5.74, 6) is -0.770. The summed E-state index contributed by atoms with van der Waals surface area (Å²) in [7, 11) is -13.5. The molecule has 2 rings (SSSR count). The molecule has 0 aliphatic rings. The molecule has 29 heavy (non-hydrogen) atoms. The molecule has 0 aliphatic heterocycles.